The molecule has 2 rings (SSSR count). The van der Waals surface area contributed by atoms with Gasteiger partial charge < -0.3 is 15.4 Å². The van der Waals surface area contributed by atoms with E-state index in [1.165, 1.54) is 12.3 Å². The van der Waals surface area contributed by atoms with Crippen LogP contribution in [0.2, 0.25) is 0 Å². The van der Waals surface area contributed by atoms with Gasteiger partial charge in [-0.25, -0.2) is 9.18 Å². The molecule has 0 aromatic carbocycles. The first kappa shape index (κ1) is 15.7. The van der Waals surface area contributed by atoms with Gasteiger partial charge in [-0.1, -0.05) is 20.8 Å². The molecular weight excluding hydrogens is 273 g/mol. The molecule has 2 amide bonds. The number of amides is 2. The second-order valence-electron chi connectivity index (χ2n) is 6.40. The number of carbonyl (C=O) groups is 1. The summed E-state index contributed by atoms with van der Waals surface area (Å²) < 4.78 is 19.1. The zero-order chi connectivity index (χ0) is 15.5. The van der Waals surface area contributed by atoms with Crippen LogP contribution in [0.3, 0.4) is 0 Å². The Morgan fingerprint density at radius 2 is 2.29 bits per heavy atom. The average molecular weight is 295 g/mol. The second-order valence-corrected chi connectivity index (χ2v) is 6.40. The molecule has 21 heavy (non-hydrogen) atoms. The monoisotopic (exact) mass is 295 g/mol. The Hall–Kier alpha value is -1.69. The molecule has 1 aliphatic heterocycles. The first-order chi connectivity index (χ1) is 9.88. The van der Waals surface area contributed by atoms with E-state index in [-0.39, 0.29) is 23.1 Å². The fourth-order valence-corrected chi connectivity index (χ4v) is 2.67. The van der Waals surface area contributed by atoms with Crippen LogP contribution in [-0.2, 0) is 4.74 Å². The van der Waals surface area contributed by atoms with Crippen molar-refractivity contribution in [1.29, 1.82) is 0 Å². The number of urea groups is 1. The van der Waals surface area contributed by atoms with Crippen molar-refractivity contribution in [1.82, 2.24) is 10.3 Å². The molecule has 6 heteroatoms. The Bertz CT molecular complexity index is 502. The van der Waals surface area contributed by atoms with Gasteiger partial charge >= 0.3 is 6.03 Å². The molecule has 2 heterocycles. The molecule has 5 nitrogen and oxygen atoms in total. The van der Waals surface area contributed by atoms with Crippen molar-refractivity contribution in [2.75, 3.05) is 18.5 Å². The van der Waals surface area contributed by atoms with Gasteiger partial charge in [-0.15, -0.1) is 0 Å². The van der Waals surface area contributed by atoms with Crippen molar-refractivity contribution in [2.24, 2.45) is 11.3 Å². The van der Waals surface area contributed by atoms with Crippen molar-refractivity contribution in [3.63, 3.8) is 0 Å². The molecule has 1 aliphatic rings. The van der Waals surface area contributed by atoms with E-state index in [4.69, 9.17) is 4.74 Å². The molecule has 0 aliphatic carbocycles. The third-order valence-electron chi connectivity index (χ3n) is 3.61. The first-order valence-electron chi connectivity index (χ1n) is 7.14. The summed E-state index contributed by atoms with van der Waals surface area (Å²) >= 11 is 0. The van der Waals surface area contributed by atoms with Crippen LogP contribution in [0.25, 0.3) is 0 Å². The van der Waals surface area contributed by atoms with E-state index in [0.29, 0.717) is 6.54 Å². The highest BCUT2D eigenvalue weighted by Crippen LogP contribution is 2.34. The van der Waals surface area contributed by atoms with Gasteiger partial charge in [0.2, 0.25) is 0 Å². The third kappa shape index (κ3) is 4.14. The Balaban J connectivity index is 1.86. The summed E-state index contributed by atoms with van der Waals surface area (Å²) in [4.78, 5) is 15.5. The number of hydrogen-bond acceptors (Lipinski definition) is 3. The lowest BCUT2D eigenvalue weighted by molar-refractivity contribution is 0.00782. The molecule has 1 fully saturated rings. The molecule has 0 radical (unpaired) electrons. The normalized spacial score (nSPS) is 22.1. The van der Waals surface area contributed by atoms with Crippen LogP contribution in [0.4, 0.5) is 14.9 Å². The van der Waals surface area contributed by atoms with Gasteiger partial charge in [-0.3, -0.25) is 4.98 Å². The minimum absolute atomic E-state index is 0.0382. The van der Waals surface area contributed by atoms with Gasteiger partial charge in [0.1, 0.15) is 0 Å². The lowest BCUT2D eigenvalue weighted by Gasteiger charge is -2.31. The maximum absolute atomic E-state index is 13.4. The number of carbonyl (C=O) groups excluding carboxylic acids is 1. The number of nitrogens with one attached hydrogen (secondary N) is 2. The molecule has 116 valence electrons. The van der Waals surface area contributed by atoms with Gasteiger partial charge in [0, 0.05) is 25.3 Å². The minimum atomic E-state index is -0.551. The molecule has 1 aromatic heterocycles. The second kappa shape index (κ2) is 6.39. The van der Waals surface area contributed by atoms with Crippen molar-refractivity contribution in [3.8, 4) is 0 Å². The fourth-order valence-electron chi connectivity index (χ4n) is 2.67. The Morgan fingerprint density at radius 1 is 1.52 bits per heavy atom. The maximum Gasteiger partial charge on any atom is 0.319 e. The van der Waals surface area contributed by atoms with Gasteiger partial charge in [0.15, 0.2) is 5.82 Å². The van der Waals surface area contributed by atoms with Crippen molar-refractivity contribution in [3.05, 3.63) is 24.3 Å². The summed E-state index contributed by atoms with van der Waals surface area (Å²) in [5.41, 5.74) is 0.161. The topological polar surface area (TPSA) is 63.2 Å². The molecule has 2 N–H and O–H groups in total. The van der Waals surface area contributed by atoms with Crippen LogP contribution >= 0.6 is 0 Å². The quantitative estimate of drug-likeness (QED) is 0.901. The average Bonchev–Trinajstić information content (AvgIpc) is 2.87. The molecule has 2 atom stereocenters. The summed E-state index contributed by atoms with van der Waals surface area (Å²) in [6.07, 6.45) is 3.54. The van der Waals surface area contributed by atoms with E-state index >= 15 is 0 Å². The third-order valence-corrected chi connectivity index (χ3v) is 3.61. The number of anilines is 1. The summed E-state index contributed by atoms with van der Waals surface area (Å²) in [6, 6.07) is 1.01. The largest absolute Gasteiger partial charge is 0.377 e. The van der Waals surface area contributed by atoms with Gasteiger partial charge in [-0.05, 0) is 17.9 Å². The summed E-state index contributed by atoms with van der Waals surface area (Å²) in [5.74, 6) is -0.276. The lowest BCUT2D eigenvalue weighted by atomic mass is 9.81. The fraction of sp³-hybridized carbons (Fsp3) is 0.600. The van der Waals surface area contributed by atoms with Gasteiger partial charge in [0.25, 0.3) is 0 Å². The number of aromatic nitrogens is 1. The highest BCUT2D eigenvalue weighted by molar-refractivity contribution is 5.89. The molecule has 1 saturated heterocycles. The minimum Gasteiger partial charge on any atom is -0.377 e. The molecule has 1 aromatic rings. The standard InChI is InChI=1S/C15H22FN3O2/c1-15(2,3)13-10(5-7-21-13)8-18-14(20)19-12-4-6-17-9-11(12)16/h4,6,9-10,13H,5,7-8H2,1-3H3,(H2,17,18,19,20)/t10-,13+/m1/s1. The summed E-state index contributed by atoms with van der Waals surface area (Å²) in [7, 11) is 0. The first-order valence-corrected chi connectivity index (χ1v) is 7.14. The van der Waals surface area contributed by atoms with Crippen LogP contribution in [-0.4, -0.2) is 30.3 Å². The van der Waals surface area contributed by atoms with Crippen LogP contribution < -0.4 is 10.6 Å². The van der Waals surface area contributed by atoms with Crippen LogP contribution in [0.15, 0.2) is 18.5 Å². The maximum atomic E-state index is 13.4. The zero-order valence-electron chi connectivity index (χ0n) is 12.6. The number of pyridine rings is 1. The van der Waals surface area contributed by atoms with E-state index in [1.54, 1.807) is 0 Å². The number of rotatable bonds is 3. The number of hydrogen-bond donors (Lipinski definition) is 2. The van der Waals surface area contributed by atoms with Crippen LogP contribution in [0.1, 0.15) is 27.2 Å². The molecular formula is C15H22FN3O2. The van der Waals surface area contributed by atoms with Crippen molar-refractivity contribution < 1.29 is 13.9 Å². The van der Waals surface area contributed by atoms with E-state index in [1.807, 2.05) is 0 Å². The van der Waals surface area contributed by atoms with E-state index in [9.17, 15) is 9.18 Å². The zero-order valence-corrected chi connectivity index (χ0v) is 12.6. The summed E-state index contributed by atoms with van der Waals surface area (Å²) in [5, 5.41) is 5.27. The highest BCUT2D eigenvalue weighted by atomic mass is 19.1. The van der Waals surface area contributed by atoms with E-state index in [2.05, 4.69) is 36.4 Å². The van der Waals surface area contributed by atoms with Gasteiger partial charge in [0.05, 0.1) is 18.0 Å². The SMILES string of the molecule is CC(C)(C)[C@H]1OCC[C@@H]1CNC(=O)Nc1ccncc1F. The van der Waals surface area contributed by atoms with E-state index in [0.717, 1.165) is 19.2 Å². The van der Waals surface area contributed by atoms with Crippen LogP contribution in [0.5, 0.6) is 0 Å². The molecule has 0 unspecified atom stereocenters. The highest BCUT2D eigenvalue weighted by Gasteiger charge is 2.37. The van der Waals surface area contributed by atoms with Crippen molar-refractivity contribution in [2.45, 2.75) is 33.3 Å². The smallest absolute Gasteiger partial charge is 0.319 e. The predicted molar refractivity (Wildman–Crippen MR) is 78.5 cm³/mol. The van der Waals surface area contributed by atoms with Crippen molar-refractivity contribution >= 4 is 11.7 Å². The van der Waals surface area contributed by atoms with Crippen LogP contribution in [0, 0.1) is 17.2 Å². The molecule has 0 saturated carbocycles. The lowest BCUT2D eigenvalue weighted by Crippen LogP contribution is -2.40. The molecule has 0 spiro atoms. The summed E-state index contributed by atoms with van der Waals surface area (Å²) in [6.45, 7) is 7.61. The number of halogens is 1. The van der Waals surface area contributed by atoms with E-state index < -0.39 is 11.8 Å². The number of nitrogens with zero attached hydrogens (tertiary/aromatic N) is 1. The Morgan fingerprint density at radius 3 is 2.95 bits per heavy atom. The van der Waals surface area contributed by atoms with Gasteiger partial charge in [-0.2, -0.15) is 0 Å². The predicted octanol–water partition coefficient (Wildman–Crippen LogP) is 2.79. The number of ether oxygens (including phenoxy) is 1. The Labute approximate surface area is 124 Å². The Kier molecular flexibility index (Phi) is 4.77. The molecule has 0 bridgehead atoms.